The Morgan fingerprint density at radius 3 is 1.60 bits per heavy atom. The Morgan fingerprint density at radius 1 is 0.667 bits per heavy atom. The minimum absolute atomic E-state index is 0.299. The van der Waals surface area contributed by atoms with Crippen molar-refractivity contribution in [3.05, 3.63) is 86.6 Å². The maximum Gasteiger partial charge on any atom is 0.200 e. The van der Waals surface area contributed by atoms with Crippen LogP contribution in [-0.2, 0) is 0 Å². The van der Waals surface area contributed by atoms with E-state index in [1.807, 2.05) is 48.8 Å². The Bertz CT molecular complexity index is 1320. The van der Waals surface area contributed by atoms with Crippen molar-refractivity contribution in [2.24, 2.45) is 0 Å². The van der Waals surface area contributed by atoms with Gasteiger partial charge in [0.2, 0.25) is 0 Å². The molecule has 5 nitrogen and oxygen atoms in total. The van der Waals surface area contributed by atoms with Gasteiger partial charge in [-0.05, 0) is 53.1 Å². The van der Waals surface area contributed by atoms with Crippen molar-refractivity contribution in [1.82, 2.24) is 9.97 Å². The van der Waals surface area contributed by atoms with Crippen LogP contribution in [0.5, 0.6) is 17.2 Å². The van der Waals surface area contributed by atoms with Crippen molar-refractivity contribution in [3.8, 4) is 17.2 Å². The highest BCUT2D eigenvalue weighted by molar-refractivity contribution is 9.10. The summed E-state index contributed by atoms with van der Waals surface area (Å²) in [5, 5.41) is 32.3. The zero-order valence-corrected chi connectivity index (χ0v) is 18.6. The van der Waals surface area contributed by atoms with E-state index in [-0.39, 0.29) is 17.4 Å². The summed E-state index contributed by atoms with van der Waals surface area (Å²) in [5.74, 6) is -1.55. The quantitative estimate of drug-likeness (QED) is 0.174. The molecule has 0 aliphatic carbocycles. The number of phenolic OH excluding ortho intramolecular Hbond substituents is 3. The molecule has 2 heterocycles. The predicted octanol–water partition coefficient (Wildman–Crippen LogP) is 6.47. The minimum Gasteiger partial charge on any atom is -0.504 e. The molecule has 0 atom stereocenters. The fraction of sp³-hybridized carbons (Fsp3) is 0.0435. The Hall–Kier alpha value is -2.90. The first-order valence-electron chi connectivity index (χ1n) is 9.20. The van der Waals surface area contributed by atoms with Gasteiger partial charge in [-0.1, -0.05) is 44.0 Å². The Morgan fingerprint density at radius 2 is 1.13 bits per heavy atom. The van der Waals surface area contributed by atoms with Crippen LogP contribution >= 0.6 is 31.9 Å². The molecule has 0 aliphatic heterocycles. The maximum atomic E-state index is 10.2. The van der Waals surface area contributed by atoms with Crippen LogP contribution in [0.25, 0.3) is 21.8 Å². The second kappa shape index (κ2) is 7.11. The zero-order valence-electron chi connectivity index (χ0n) is 15.4. The van der Waals surface area contributed by atoms with Gasteiger partial charge in [-0.2, -0.15) is 0 Å². The molecule has 0 bridgehead atoms. The first-order valence-corrected chi connectivity index (χ1v) is 10.8. The van der Waals surface area contributed by atoms with E-state index in [9.17, 15) is 15.3 Å². The largest absolute Gasteiger partial charge is 0.504 e. The van der Waals surface area contributed by atoms with E-state index in [4.69, 9.17) is 0 Å². The van der Waals surface area contributed by atoms with E-state index >= 15 is 0 Å². The van der Waals surface area contributed by atoms with Crippen LogP contribution in [0, 0.1) is 0 Å². The number of hydrogen-bond acceptors (Lipinski definition) is 3. The normalized spacial score (nSPS) is 11.7. The third-order valence-electron chi connectivity index (χ3n) is 5.40. The lowest BCUT2D eigenvalue weighted by molar-refractivity contribution is 0.367. The Kier molecular flexibility index (Phi) is 4.52. The van der Waals surface area contributed by atoms with Gasteiger partial charge in [0.05, 0.1) is 0 Å². The molecule has 0 fully saturated rings. The SMILES string of the molecule is Oc1cc(C(c2c[nH]c3cc(Br)ccc23)c2c[nH]c3cc(Br)ccc23)cc(O)c1O. The molecule has 0 saturated carbocycles. The minimum atomic E-state index is -0.525. The standard InChI is InChI=1S/C23H16Br2N2O3/c24-12-1-3-14-16(9-26-18(14)7-12)22(11-5-20(28)23(30)21(29)6-11)17-10-27-19-8-13(25)2-4-15(17)19/h1-10,22,26-30H. The molecule has 30 heavy (non-hydrogen) atoms. The average molecular weight is 528 g/mol. The van der Waals surface area contributed by atoms with Gasteiger partial charge in [-0.3, -0.25) is 0 Å². The number of H-pyrrole nitrogens is 2. The molecule has 0 radical (unpaired) electrons. The highest BCUT2D eigenvalue weighted by atomic mass is 79.9. The van der Waals surface area contributed by atoms with E-state index in [0.29, 0.717) is 5.56 Å². The summed E-state index contributed by atoms with van der Waals surface area (Å²) < 4.78 is 1.94. The molecule has 5 aromatic rings. The second-order valence-electron chi connectivity index (χ2n) is 7.21. The van der Waals surface area contributed by atoms with Crippen LogP contribution in [-0.4, -0.2) is 25.3 Å². The van der Waals surface area contributed by atoms with Gasteiger partial charge in [0.25, 0.3) is 0 Å². The number of aromatic hydroxyl groups is 3. The number of aromatic amines is 2. The van der Waals surface area contributed by atoms with E-state index in [0.717, 1.165) is 41.9 Å². The van der Waals surface area contributed by atoms with Crippen molar-refractivity contribution < 1.29 is 15.3 Å². The van der Waals surface area contributed by atoms with Crippen molar-refractivity contribution in [2.75, 3.05) is 0 Å². The number of fused-ring (bicyclic) bond motifs is 2. The number of phenols is 3. The Balaban J connectivity index is 1.81. The van der Waals surface area contributed by atoms with Crippen molar-refractivity contribution in [2.45, 2.75) is 5.92 Å². The van der Waals surface area contributed by atoms with Gasteiger partial charge in [-0.15, -0.1) is 0 Å². The number of benzene rings is 3. The van der Waals surface area contributed by atoms with Crippen molar-refractivity contribution >= 4 is 53.7 Å². The maximum absolute atomic E-state index is 10.2. The van der Waals surface area contributed by atoms with Gasteiger partial charge in [0, 0.05) is 49.1 Å². The van der Waals surface area contributed by atoms with Crippen LogP contribution in [0.1, 0.15) is 22.6 Å². The van der Waals surface area contributed by atoms with E-state index in [1.54, 1.807) is 0 Å². The predicted molar refractivity (Wildman–Crippen MR) is 124 cm³/mol. The first-order chi connectivity index (χ1) is 14.4. The molecule has 7 heteroatoms. The smallest absolute Gasteiger partial charge is 0.200 e. The summed E-state index contributed by atoms with van der Waals surface area (Å²) in [5.41, 5.74) is 4.59. The molecule has 0 saturated heterocycles. The lowest BCUT2D eigenvalue weighted by atomic mass is 9.84. The van der Waals surface area contributed by atoms with Gasteiger partial charge < -0.3 is 25.3 Å². The van der Waals surface area contributed by atoms with Gasteiger partial charge in [0.15, 0.2) is 17.2 Å². The molecule has 0 spiro atoms. The fourth-order valence-electron chi connectivity index (χ4n) is 4.04. The third-order valence-corrected chi connectivity index (χ3v) is 6.39. The van der Waals surface area contributed by atoms with Gasteiger partial charge in [-0.25, -0.2) is 0 Å². The van der Waals surface area contributed by atoms with Crippen molar-refractivity contribution in [1.29, 1.82) is 0 Å². The molecule has 5 N–H and O–H groups in total. The number of nitrogens with one attached hydrogen (secondary N) is 2. The summed E-state index contributed by atoms with van der Waals surface area (Å²) in [4.78, 5) is 6.63. The first kappa shape index (κ1) is 19.1. The lowest BCUT2D eigenvalue weighted by Crippen LogP contribution is -2.02. The number of aromatic nitrogens is 2. The van der Waals surface area contributed by atoms with E-state index in [1.165, 1.54) is 12.1 Å². The molecule has 5 rings (SSSR count). The molecule has 3 aromatic carbocycles. The fourth-order valence-corrected chi connectivity index (χ4v) is 4.76. The number of hydrogen-bond donors (Lipinski definition) is 5. The average Bonchev–Trinajstić information content (AvgIpc) is 3.30. The molecule has 0 unspecified atom stereocenters. The topological polar surface area (TPSA) is 92.3 Å². The molecule has 0 aliphatic rings. The second-order valence-corrected chi connectivity index (χ2v) is 9.04. The van der Waals surface area contributed by atoms with Crippen LogP contribution in [0.4, 0.5) is 0 Å². The molecular formula is C23H16Br2N2O3. The van der Waals surface area contributed by atoms with Crippen molar-refractivity contribution in [3.63, 3.8) is 0 Å². The highest BCUT2D eigenvalue weighted by Crippen LogP contribution is 2.44. The van der Waals surface area contributed by atoms with Crippen LogP contribution < -0.4 is 0 Å². The highest BCUT2D eigenvalue weighted by Gasteiger charge is 2.25. The summed E-state index contributed by atoms with van der Waals surface area (Å²) in [7, 11) is 0. The lowest BCUT2D eigenvalue weighted by Gasteiger charge is -2.18. The van der Waals surface area contributed by atoms with Crippen LogP contribution in [0.15, 0.2) is 69.9 Å². The van der Waals surface area contributed by atoms with E-state index < -0.39 is 5.75 Å². The van der Waals surface area contributed by atoms with Gasteiger partial charge >= 0.3 is 0 Å². The number of rotatable bonds is 3. The summed E-state index contributed by atoms with van der Waals surface area (Å²) in [6, 6.07) is 15.0. The van der Waals surface area contributed by atoms with Crippen LogP contribution in [0.2, 0.25) is 0 Å². The molecular weight excluding hydrogens is 512 g/mol. The summed E-state index contributed by atoms with van der Waals surface area (Å²) in [6.45, 7) is 0. The molecule has 0 amide bonds. The summed E-state index contributed by atoms with van der Waals surface area (Å²) >= 11 is 7.01. The third kappa shape index (κ3) is 3.05. The van der Waals surface area contributed by atoms with E-state index in [2.05, 4.69) is 41.8 Å². The monoisotopic (exact) mass is 526 g/mol. The Labute approximate surface area is 188 Å². The molecule has 2 aromatic heterocycles. The molecule has 150 valence electrons. The zero-order chi connectivity index (χ0) is 21.0. The van der Waals surface area contributed by atoms with Crippen LogP contribution in [0.3, 0.4) is 0 Å². The number of halogens is 2. The van der Waals surface area contributed by atoms with Gasteiger partial charge in [0.1, 0.15) is 0 Å². The summed E-state index contributed by atoms with van der Waals surface area (Å²) in [6.07, 6.45) is 3.89.